The number of thioether (sulfide) groups is 1. The van der Waals surface area contributed by atoms with E-state index in [1.807, 2.05) is 24.0 Å². The summed E-state index contributed by atoms with van der Waals surface area (Å²) < 4.78 is 2.03. The molecule has 1 aromatic carbocycles. The first kappa shape index (κ1) is 17.8. The summed E-state index contributed by atoms with van der Waals surface area (Å²) in [5.74, 6) is -0.234. The van der Waals surface area contributed by atoms with E-state index in [2.05, 4.69) is 20.5 Å². The van der Waals surface area contributed by atoms with E-state index >= 15 is 0 Å². The van der Waals surface area contributed by atoms with Crippen LogP contribution in [0.15, 0.2) is 46.6 Å². The molecule has 27 heavy (non-hydrogen) atoms. The highest BCUT2D eigenvalue weighted by molar-refractivity contribution is 7.99. The van der Waals surface area contributed by atoms with E-state index in [-0.39, 0.29) is 23.2 Å². The number of aromatic nitrogens is 4. The van der Waals surface area contributed by atoms with Gasteiger partial charge in [0.15, 0.2) is 10.9 Å². The van der Waals surface area contributed by atoms with Crippen LogP contribution in [-0.2, 0) is 7.05 Å². The number of hydrogen-bond acceptors (Lipinski definition) is 5. The van der Waals surface area contributed by atoms with Crippen molar-refractivity contribution < 1.29 is 4.79 Å². The molecule has 0 aliphatic heterocycles. The number of rotatable bonds is 4. The molecule has 1 saturated carbocycles. The number of carbonyl (C=O) groups excluding carboxylic acids is 1. The summed E-state index contributed by atoms with van der Waals surface area (Å²) in [7, 11) is 2.00. The summed E-state index contributed by atoms with van der Waals surface area (Å²) in [5, 5.41) is 12.1. The lowest BCUT2D eigenvalue weighted by atomic mass is 9.95. The third kappa shape index (κ3) is 3.75. The van der Waals surface area contributed by atoms with Gasteiger partial charge in [-0.1, -0.05) is 30.0 Å². The number of aryl methyl sites for hydroxylation is 1. The Bertz CT molecular complexity index is 1020. The van der Waals surface area contributed by atoms with Gasteiger partial charge in [-0.05, 0) is 31.7 Å². The zero-order valence-corrected chi connectivity index (χ0v) is 15.8. The molecule has 3 aromatic rings. The quantitative estimate of drug-likeness (QED) is 0.722. The van der Waals surface area contributed by atoms with Crippen LogP contribution in [0.5, 0.6) is 0 Å². The number of H-pyrrole nitrogens is 1. The van der Waals surface area contributed by atoms with Crippen LogP contribution in [0.2, 0.25) is 0 Å². The molecule has 1 aliphatic carbocycles. The summed E-state index contributed by atoms with van der Waals surface area (Å²) in [6.07, 6.45) is 7.68. The summed E-state index contributed by atoms with van der Waals surface area (Å²) in [6, 6.07) is 7.17. The molecule has 140 valence electrons. The van der Waals surface area contributed by atoms with E-state index in [0.29, 0.717) is 16.0 Å². The first-order valence-electron chi connectivity index (χ1n) is 9.04. The first-order valence-corrected chi connectivity index (χ1v) is 9.92. The predicted octanol–water partition coefficient (Wildman–Crippen LogP) is 2.49. The average molecular weight is 383 g/mol. The fourth-order valence-corrected chi connectivity index (χ4v) is 4.64. The molecule has 1 fully saturated rings. The Morgan fingerprint density at radius 2 is 1.96 bits per heavy atom. The number of carbonyl (C=O) groups is 1. The fourth-order valence-electron chi connectivity index (χ4n) is 3.48. The van der Waals surface area contributed by atoms with E-state index in [9.17, 15) is 9.59 Å². The normalized spacial score (nSPS) is 19.9. The van der Waals surface area contributed by atoms with Crippen LogP contribution < -0.4 is 10.9 Å². The summed E-state index contributed by atoms with van der Waals surface area (Å²) in [6.45, 7) is 0. The van der Waals surface area contributed by atoms with Gasteiger partial charge in [-0.2, -0.15) is 5.10 Å². The smallest absolute Gasteiger partial charge is 0.272 e. The molecule has 0 spiro atoms. The van der Waals surface area contributed by atoms with Crippen molar-refractivity contribution >= 4 is 28.4 Å². The van der Waals surface area contributed by atoms with Gasteiger partial charge in [0.1, 0.15) is 0 Å². The second-order valence-corrected chi connectivity index (χ2v) is 8.10. The predicted molar refractivity (Wildman–Crippen MR) is 105 cm³/mol. The highest BCUT2D eigenvalue weighted by Gasteiger charge is 2.25. The molecule has 1 aliphatic rings. The number of hydrogen-bond donors (Lipinski definition) is 2. The van der Waals surface area contributed by atoms with Gasteiger partial charge in [0.2, 0.25) is 0 Å². The third-order valence-electron chi connectivity index (χ3n) is 4.97. The van der Waals surface area contributed by atoms with Crippen molar-refractivity contribution in [3.05, 3.63) is 52.7 Å². The third-order valence-corrected chi connectivity index (χ3v) is 6.38. The van der Waals surface area contributed by atoms with Crippen LogP contribution in [0.25, 0.3) is 10.8 Å². The maximum Gasteiger partial charge on any atom is 0.272 e. The standard InChI is InChI=1S/C19H21N5O2S/c1-24-11-10-20-19(24)27-13-8-6-12(7-9-13)21-18(26)16-14-4-2-3-5-15(14)17(25)23-22-16/h2-5,10-13H,6-9H2,1H3,(H,21,26)(H,23,25). The van der Waals surface area contributed by atoms with Crippen molar-refractivity contribution in [1.82, 2.24) is 25.1 Å². The van der Waals surface area contributed by atoms with Gasteiger partial charge in [0, 0.05) is 36.1 Å². The van der Waals surface area contributed by atoms with Crippen LogP contribution in [-0.4, -0.2) is 36.9 Å². The molecule has 4 rings (SSSR count). The summed E-state index contributed by atoms with van der Waals surface area (Å²) in [5.41, 5.74) is -0.0105. The minimum absolute atomic E-state index is 0.128. The fraction of sp³-hybridized carbons (Fsp3) is 0.368. The Morgan fingerprint density at radius 1 is 1.22 bits per heavy atom. The number of aromatic amines is 1. The molecule has 0 radical (unpaired) electrons. The van der Waals surface area contributed by atoms with E-state index in [1.54, 1.807) is 36.0 Å². The maximum absolute atomic E-state index is 12.7. The molecule has 2 N–H and O–H groups in total. The molecule has 1 amide bonds. The molecular formula is C19H21N5O2S. The number of imidazole rings is 1. The minimum Gasteiger partial charge on any atom is -0.348 e. The van der Waals surface area contributed by atoms with Gasteiger partial charge in [0.25, 0.3) is 11.5 Å². The topological polar surface area (TPSA) is 92.7 Å². The monoisotopic (exact) mass is 383 g/mol. The summed E-state index contributed by atoms with van der Waals surface area (Å²) >= 11 is 1.81. The van der Waals surface area contributed by atoms with Crippen LogP contribution in [0.4, 0.5) is 0 Å². The van der Waals surface area contributed by atoms with Gasteiger partial charge in [-0.15, -0.1) is 0 Å². The Kier molecular flexibility index (Phi) is 4.98. The van der Waals surface area contributed by atoms with Gasteiger partial charge >= 0.3 is 0 Å². The first-order chi connectivity index (χ1) is 13.1. The highest BCUT2D eigenvalue weighted by atomic mass is 32.2. The minimum atomic E-state index is -0.283. The Balaban J connectivity index is 1.40. The number of nitrogens with zero attached hydrogens (tertiary/aromatic N) is 3. The van der Waals surface area contributed by atoms with Crippen molar-refractivity contribution in [3.8, 4) is 0 Å². The lowest BCUT2D eigenvalue weighted by Gasteiger charge is -2.28. The molecular weight excluding hydrogens is 362 g/mol. The second-order valence-electron chi connectivity index (χ2n) is 6.83. The van der Waals surface area contributed by atoms with E-state index in [1.165, 1.54) is 0 Å². The van der Waals surface area contributed by atoms with Crippen molar-refractivity contribution in [2.24, 2.45) is 7.05 Å². The molecule has 0 bridgehead atoms. The molecule has 0 saturated heterocycles. The van der Waals surface area contributed by atoms with Crippen LogP contribution in [0.1, 0.15) is 36.2 Å². The SMILES string of the molecule is Cn1ccnc1SC1CCC(NC(=O)c2n[nH]c(=O)c3ccccc23)CC1. The van der Waals surface area contributed by atoms with Crippen LogP contribution >= 0.6 is 11.8 Å². The van der Waals surface area contributed by atoms with Crippen LogP contribution in [0, 0.1) is 0 Å². The van der Waals surface area contributed by atoms with Crippen molar-refractivity contribution in [3.63, 3.8) is 0 Å². The second kappa shape index (κ2) is 7.56. The lowest BCUT2D eigenvalue weighted by molar-refractivity contribution is 0.0924. The Hall–Kier alpha value is -2.61. The molecule has 2 aromatic heterocycles. The van der Waals surface area contributed by atoms with Crippen molar-refractivity contribution in [1.29, 1.82) is 0 Å². The van der Waals surface area contributed by atoms with Gasteiger partial charge < -0.3 is 9.88 Å². The molecule has 0 atom stereocenters. The number of benzene rings is 1. The summed E-state index contributed by atoms with van der Waals surface area (Å²) in [4.78, 5) is 29.0. The zero-order chi connectivity index (χ0) is 18.8. The molecule has 2 heterocycles. The lowest BCUT2D eigenvalue weighted by Crippen LogP contribution is -2.39. The molecule has 7 nitrogen and oxygen atoms in total. The zero-order valence-electron chi connectivity index (χ0n) is 15.0. The number of amides is 1. The van der Waals surface area contributed by atoms with E-state index in [4.69, 9.17) is 0 Å². The van der Waals surface area contributed by atoms with Gasteiger partial charge in [-0.25, -0.2) is 10.1 Å². The number of nitrogens with one attached hydrogen (secondary N) is 2. The maximum atomic E-state index is 12.7. The Labute approximate surface area is 160 Å². The largest absolute Gasteiger partial charge is 0.348 e. The van der Waals surface area contributed by atoms with Crippen molar-refractivity contribution in [2.75, 3.05) is 0 Å². The van der Waals surface area contributed by atoms with Gasteiger partial charge in [0.05, 0.1) is 5.39 Å². The van der Waals surface area contributed by atoms with Crippen LogP contribution in [0.3, 0.4) is 0 Å². The van der Waals surface area contributed by atoms with Gasteiger partial charge in [-0.3, -0.25) is 9.59 Å². The number of fused-ring (bicyclic) bond motifs is 1. The molecule has 0 unspecified atom stereocenters. The highest BCUT2D eigenvalue weighted by Crippen LogP contribution is 2.32. The van der Waals surface area contributed by atoms with Crippen molar-refractivity contribution in [2.45, 2.75) is 42.1 Å². The molecule has 8 heteroatoms. The Morgan fingerprint density at radius 3 is 2.67 bits per heavy atom. The van der Waals surface area contributed by atoms with E-state index in [0.717, 1.165) is 30.8 Å². The average Bonchev–Trinajstić information content (AvgIpc) is 3.08. The van der Waals surface area contributed by atoms with E-state index < -0.39 is 0 Å².